The van der Waals surface area contributed by atoms with Crippen LogP contribution in [0.3, 0.4) is 0 Å². The third kappa shape index (κ3) is 0.788. The molecule has 14 heavy (non-hydrogen) atoms. The molecule has 1 nitrogen and oxygen atoms in total. The standard InChI is InChI=1S/C13H14O/c1-9-4-5-11-10(8-9)6-7-12(2)13(11,3)14-12/h4-8H,1-3H3/t12-,13+/m1/s1. The van der Waals surface area contributed by atoms with Gasteiger partial charge in [0.05, 0.1) is 0 Å². The Morgan fingerprint density at radius 3 is 2.79 bits per heavy atom. The molecule has 0 aromatic heterocycles. The van der Waals surface area contributed by atoms with Gasteiger partial charge in [0.15, 0.2) is 0 Å². The molecule has 1 aromatic rings. The summed E-state index contributed by atoms with van der Waals surface area (Å²) in [6.07, 6.45) is 4.35. The van der Waals surface area contributed by atoms with E-state index in [-0.39, 0.29) is 11.2 Å². The highest BCUT2D eigenvalue weighted by molar-refractivity contribution is 5.65. The highest BCUT2D eigenvalue weighted by Crippen LogP contribution is 2.59. The lowest BCUT2D eigenvalue weighted by molar-refractivity contribution is 0.299. The van der Waals surface area contributed by atoms with Crippen LogP contribution in [0, 0.1) is 6.92 Å². The summed E-state index contributed by atoms with van der Waals surface area (Å²) in [7, 11) is 0. The molecule has 0 amide bonds. The monoisotopic (exact) mass is 186 g/mol. The van der Waals surface area contributed by atoms with Crippen LogP contribution in [0.25, 0.3) is 6.08 Å². The number of benzene rings is 1. The number of fused-ring (bicyclic) bond motifs is 3. The quantitative estimate of drug-likeness (QED) is 0.567. The molecule has 3 rings (SSSR count). The Morgan fingerprint density at radius 2 is 2.00 bits per heavy atom. The fourth-order valence-electron chi connectivity index (χ4n) is 2.42. The van der Waals surface area contributed by atoms with Crippen LogP contribution in [0.4, 0.5) is 0 Å². The molecular weight excluding hydrogens is 172 g/mol. The molecule has 0 N–H and O–H groups in total. The third-order valence-corrected chi connectivity index (χ3v) is 3.62. The fraction of sp³-hybridized carbons (Fsp3) is 0.385. The zero-order valence-electron chi connectivity index (χ0n) is 8.79. The Morgan fingerprint density at radius 1 is 1.21 bits per heavy atom. The second kappa shape index (κ2) is 2.12. The summed E-state index contributed by atoms with van der Waals surface area (Å²) in [5.41, 5.74) is 3.80. The van der Waals surface area contributed by atoms with Crippen LogP contribution in [0.2, 0.25) is 0 Å². The summed E-state index contributed by atoms with van der Waals surface area (Å²) in [5, 5.41) is 0. The Kier molecular flexibility index (Phi) is 1.25. The molecule has 1 fully saturated rings. The second-order valence-corrected chi connectivity index (χ2v) is 4.67. The summed E-state index contributed by atoms with van der Waals surface area (Å²) < 4.78 is 5.83. The lowest BCUT2D eigenvalue weighted by Crippen LogP contribution is -2.19. The van der Waals surface area contributed by atoms with Crippen molar-refractivity contribution in [3.8, 4) is 0 Å². The van der Waals surface area contributed by atoms with Crippen LogP contribution in [0.15, 0.2) is 24.3 Å². The van der Waals surface area contributed by atoms with E-state index in [0.717, 1.165) is 0 Å². The zero-order valence-corrected chi connectivity index (χ0v) is 8.79. The fourth-order valence-corrected chi connectivity index (χ4v) is 2.42. The molecule has 0 unspecified atom stereocenters. The summed E-state index contributed by atoms with van der Waals surface area (Å²) in [4.78, 5) is 0. The zero-order chi connectivity index (χ0) is 9.97. The predicted molar refractivity (Wildman–Crippen MR) is 57.1 cm³/mol. The van der Waals surface area contributed by atoms with E-state index in [1.165, 1.54) is 16.7 Å². The molecule has 0 spiro atoms. The summed E-state index contributed by atoms with van der Waals surface area (Å²) >= 11 is 0. The molecule has 1 aliphatic heterocycles. The van der Waals surface area contributed by atoms with Gasteiger partial charge in [-0.3, -0.25) is 0 Å². The van der Waals surface area contributed by atoms with Crippen molar-refractivity contribution in [2.24, 2.45) is 0 Å². The molecule has 72 valence electrons. The van der Waals surface area contributed by atoms with Gasteiger partial charge in [0.25, 0.3) is 0 Å². The van der Waals surface area contributed by atoms with Gasteiger partial charge in [-0.1, -0.05) is 29.8 Å². The van der Waals surface area contributed by atoms with Gasteiger partial charge in [0, 0.05) is 0 Å². The van der Waals surface area contributed by atoms with Crippen LogP contribution in [0.1, 0.15) is 30.5 Å². The van der Waals surface area contributed by atoms with Crippen LogP contribution < -0.4 is 0 Å². The highest BCUT2D eigenvalue weighted by Gasteiger charge is 2.64. The molecule has 2 aliphatic rings. The molecule has 1 aromatic carbocycles. The van der Waals surface area contributed by atoms with Crippen molar-refractivity contribution in [2.45, 2.75) is 32.0 Å². The van der Waals surface area contributed by atoms with E-state index < -0.39 is 0 Å². The molecule has 1 aliphatic carbocycles. The number of hydrogen-bond acceptors (Lipinski definition) is 1. The number of hydrogen-bond donors (Lipinski definition) is 0. The minimum Gasteiger partial charge on any atom is -0.354 e. The summed E-state index contributed by atoms with van der Waals surface area (Å²) in [5.74, 6) is 0. The van der Waals surface area contributed by atoms with E-state index in [4.69, 9.17) is 4.74 Å². The van der Waals surface area contributed by atoms with Crippen LogP contribution >= 0.6 is 0 Å². The minimum atomic E-state index is -0.0786. The molecule has 1 saturated heterocycles. The SMILES string of the molecule is Cc1ccc2c(c1)C=C[C@@]1(C)O[C@@]21C. The van der Waals surface area contributed by atoms with Gasteiger partial charge in [-0.05, 0) is 38.0 Å². The molecule has 0 saturated carbocycles. The topological polar surface area (TPSA) is 12.5 Å². The molecule has 2 atom stereocenters. The van der Waals surface area contributed by atoms with E-state index in [1.807, 2.05) is 0 Å². The van der Waals surface area contributed by atoms with Crippen molar-refractivity contribution in [1.29, 1.82) is 0 Å². The van der Waals surface area contributed by atoms with E-state index in [1.54, 1.807) is 0 Å². The summed E-state index contributed by atoms with van der Waals surface area (Å²) in [6.45, 7) is 6.44. The largest absolute Gasteiger partial charge is 0.354 e. The predicted octanol–water partition coefficient (Wildman–Crippen LogP) is 3.03. The number of epoxide rings is 1. The Balaban J connectivity index is 2.24. The first-order valence-electron chi connectivity index (χ1n) is 5.06. The van der Waals surface area contributed by atoms with Crippen molar-refractivity contribution >= 4 is 6.08 Å². The van der Waals surface area contributed by atoms with Gasteiger partial charge in [-0.2, -0.15) is 0 Å². The van der Waals surface area contributed by atoms with E-state index in [2.05, 4.69) is 51.1 Å². The maximum absolute atomic E-state index is 5.83. The van der Waals surface area contributed by atoms with E-state index in [9.17, 15) is 0 Å². The van der Waals surface area contributed by atoms with Crippen LogP contribution in [-0.4, -0.2) is 5.60 Å². The van der Waals surface area contributed by atoms with Gasteiger partial charge in [-0.15, -0.1) is 0 Å². The molecule has 1 heteroatoms. The summed E-state index contributed by atoms with van der Waals surface area (Å²) in [6, 6.07) is 6.57. The number of aryl methyl sites for hydroxylation is 1. The maximum atomic E-state index is 5.83. The van der Waals surface area contributed by atoms with Crippen molar-refractivity contribution in [3.63, 3.8) is 0 Å². The van der Waals surface area contributed by atoms with Gasteiger partial charge in [-0.25, -0.2) is 0 Å². The van der Waals surface area contributed by atoms with Crippen molar-refractivity contribution in [2.75, 3.05) is 0 Å². The molecule has 0 radical (unpaired) electrons. The second-order valence-electron chi connectivity index (χ2n) is 4.67. The molecular formula is C13H14O. The minimum absolute atomic E-state index is 0.0603. The molecule has 0 bridgehead atoms. The van der Waals surface area contributed by atoms with Crippen molar-refractivity contribution in [1.82, 2.24) is 0 Å². The first-order chi connectivity index (χ1) is 6.55. The Hall–Kier alpha value is -1.08. The lowest BCUT2D eigenvalue weighted by Gasteiger charge is -2.18. The normalized spacial score (nSPS) is 37.6. The third-order valence-electron chi connectivity index (χ3n) is 3.62. The van der Waals surface area contributed by atoms with Crippen LogP contribution in [-0.2, 0) is 10.3 Å². The highest BCUT2D eigenvalue weighted by atomic mass is 16.6. The molecule has 1 heterocycles. The van der Waals surface area contributed by atoms with Crippen molar-refractivity contribution < 1.29 is 4.74 Å². The average molecular weight is 186 g/mol. The lowest BCUT2D eigenvalue weighted by atomic mass is 9.81. The van der Waals surface area contributed by atoms with E-state index in [0.29, 0.717) is 0 Å². The van der Waals surface area contributed by atoms with Gasteiger partial charge >= 0.3 is 0 Å². The first kappa shape index (κ1) is 8.25. The van der Waals surface area contributed by atoms with Gasteiger partial charge < -0.3 is 4.74 Å². The van der Waals surface area contributed by atoms with Crippen molar-refractivity contribution in [3.05, 3.63) is 41.0 Å². The first-order valence-corrected chi connectivity index (χ1v) is 5.06. The smallest absolute Gasteiger partial charge is 0.124 e. The Labute approximate surface area is 84.4 Å². The average Bonchev–Trinajstić information content (AvgIpc) is 2.69. The Bertz CT molecular complexity index is 447. The number of rotatable bonds is 0. The van der Waals surface area contributed by atoms with Crippen LogP contribution in [0.5, 0.6) is 0 Å². The van der Waals surface area contributed by atoms with Gasteiger partial charge in [0.1, 0.15) is 11.2 Å². The number of ether oxygens (including phenoxy) is 1. The van der Waals surface area contributed by atoms with Gasteiger partial charge in [0.2, 0.25) is 0 Å². The van der Waals surface area contributed by atoms with E-state index >= 15 is 0 Å². The maximum Gasteiger partial charge on any atom is 0.124 e.